The molecule has 1 aliphatic rings. The Labute approximate surface area is 106 Å². The van der Waals surface area contributed by atoms with Crippen molar-refractivity contribution in [2.45, 2.75) is 24.3 Å². The molecule has 4 atom stereocenters. The van der Waals surface area contributed by atoms with Crippen molar-refractivity contribution in [1.82, 2.24) is 0 Å². The SMILES string of the molecule is [B][C@@H]1O[C@H](COC(=O)c2ccccc2)[C@H](O)C1O. The predicted molar refractivity (Wildman–Crippen MR) is 63.2 cm³/mol. The van der Waals surface area contributed by atoms with E-state index in [9.17, 15) is 15.0 Å². The summed E-state index contributed by atoms with van der Waals surface area (Å²) >= 11 is 0. The average molecular weight is 248 g/mol. The van der Waals surface area contributed by atoms with Crippen LogP contribution in [0.1, 0.15) is 10.4 Å². The summed E-state index contributed by atoms with van der Waals surface area (Å²) in [6.45, 7) is -0.153. The first kappa shape index (κ1) is 13.1. The van der Waals surface area contributed by atoms with E-state index in [2.05, 4.69) is 0 Å². The topological polar surface area (TPSA) is 76.0 Å². The number of carbonyl (C=O) groups is 1. The minimum absolute atomic E-state index is 0.153. The lowest BCUT2D eigenvalue weighted by molar-refractivity contribution is -0.0231. The van der Waals surface area contributed by atoms with Crippen LogP contribution in [0.25, 0.3) is 0 Å². The van der Waals surface area contributed by atoms with Gasteiger partial charge in [0, 0.05) is 6.00 Å². The molecule has 6 heteroatoms. The van der Waals surface area contributed by atoms with Crippen molar-refractivity contribution in [2.75, 3.05) is 6.61 Å². The number of aliphatic hydroxyl groups excluding tert-OH is 2. The van der Waals surface area contributed by atoms with Crippen LogP contribution in [0, 0.1) is 0 Å². The van der Waals surface area contributed by atoms with Crippen molar-refractivity contribution in [1.29, 1.82) is 0 Å². The van der Waals surface area contributed by atoms with Crippen molar-refractivity contribution >= 4 is 13.8 Å². The summed E-state index contributed by atoms with van der Waals surface area (Å²) in [6, 6.07) is 7.51. The van der Waals surface area contributed by atoms with E-state index >= 15 is 0 Å². The summed E-state index contributed by atoms with van der Waals surface area (Å²) in [7, 11) is 5.40. The lowest BCUT2D eigenvalue weighted by Crippen LogP contribution is -2.34. The quantitative estimate of drug-likeness (QED) is 0.555. The first-order valence-corrected chi connectivity index (χ1v) is 5.59. The highest BCUT2D eigenvalue weighted by Gasteiger charge is 2.40. The molecular weight excluding hydrogens is 235 g/mol. The number of aliphatic hydroxyl groups is 2. The second-order valence-electron chi connectivity index (χ2n) is 4.08. The van der Waals surface area contributed by atoms with Gasteiger partial charge in [0.15, 0.2) is 0 Å². The second-order valence-corrected chi connectivity index (χ2v) is 4.08. The molecule has 0 aromatic heterocycles. The van der Waals surface area contributed by atoms with Gasteiger partial charge in [0.1, 0.15) is 32.8 Å². The molecule has 94 valence electrons. The number of carbonyl (C=O) groups excluding carboxylic acids is 1. The molecule has 0 aliphatic carbocycles. The molecule has 1 heterocycles. The van der Waals surface area contributed by atoms with Gasteiger partial charge in [-0.2, -0.15) is 0 Å². The number of rotatable bonds is 3. The fourth-order valence-electron chi connectivity index (χ4n) is 1.73. The van der Waals surface area contributed by atoms with E-state index in [1.165, 1.54) is 0 Å². The van der Waals surface area contributed by atoms with E-state index in [1.807, 2.05) is 0 Å². The van der Waals surface area contributed by atoms with Crippen LogP contribution in [-0.2, 0) is 9.47 Å². The molecule has 2 radical (unpaired) electrons. The third kappa shape index (κ3) is 2.72. The van der Waals surface area contributed by atoms with Crippen LogP contribution in [-0.4, -0.2) is 55.0 Å². The van der Waals surface area contributed by atoms with E-state index in [4.69, 9.17) is 17.3 Å². The van der Waals surface area contributed by atoms with Crippen molar-refractivity contribution in [3.8, 4) is 0 Å². The van der Waals surface area contributed by atoms with Gasteiger partial charge in [-0.3, -0.25) is 0 Å². The van der Waals surface area contributed by atoms with Crippen molar-refractivity contribution in [2.24, 2.45) is 0 Å². The van der Waals surface area contributed by atoms with Crippen LogP contribution in [0.5, 0.6) is 0 Å². The molecule has 2 rings (SSSR count). The molecule has 0 spiro atoms. The Kier molecular flexibility index (Phi) is 4.01. The molecule has 2 N–H and O–H groups in total. The zero-order valence-corrected chi connectivity index (χ0v) is 9.60. The van der Waals surface area contributed by atoms with Crippen molar-refractivity contribution in [3.63, 3.8) is 0 Å². The van der Waals surface area contributed by atoms with Crippen molar-refractivity contribution in [3.05, 3.63) is 35.9 Å². The smallest absolute Gasteiger partial charge is 0.338 e. The van der Waals surface area contributed by atoms with Crippen LogP contribution >= 0.6 is 0 Å². The van der Waals surface area contributed by atoms with Gasteiger partial charge < -0.3 is 19.7 Å². The summed E-state index contributed by atoms with van der Waals surface area (Å²) in [5.74, 6) is -0.513. The predicted octanol–water partition coefficient (Wildman–Crippen LogP) is -0.541. The molecule has 1 unspecified atom stereocenters. The highest BCUT2D eigenvalue weighted by Crippen LogP contribution is 2.19. The number of ether oxygens (including phenoxy) is 2. The molecule has 18 heavy (non-hydrogen) atoms. The lowest BCUT2D eigenvalue weighted by atomic mass is 9.93. The maximum absolute atomic E-state index is 11.6. The standard InChI is InChI=1S/C12H13BO5/c13-11-10(15)9(14)8(18-11)6-17-12(16)7-4-2-1-3-5-7/h1-5,8-11,14-15H,6H2/t8-,9+,10?,11-/m1/s1. The Balaban J connectivity index is 1.88. The van der Waals surface area contributed by atoms with Crippen LogP contribution in [0.15, 0.2) is 30.3 Å². The number of hydrogen-bond donors (Lipinski definition) is 2. The molecule has 5 nitrogen and oxygen atoms in total. The minimum atomic E-state index is -1.16. The molecule has 0 amide bonds. The largest absolute Gasteiger partial charge is 0.459 e. The lowest BCUT2D eigenvalue weighted by Gasteiger charge is -2.14. The third-order valence-corrected chi connectivity index (χ3v) is 2.79. The summed E-state index contributed by atoms with van der Waals surface area (Å²) in [4.78, 5) is 11.6. The van der Waals surface area contributed by atoms with Gasteiger partial charge in [-0.1, -0.05) is 18.2 Å². The Morgan fingerprint density at radius 3 is 2.50 bits per heavy atom. The highest BCUT2D eigenvalue weighted by atomic mass is 16.6. The second kappa shape index (κ2) is 5.52. The van der Waals surface area contributed by atoms with Gasteiger partial charge in [0.2, 0.25) is 0 Å². The monoisotopic (exact) mass is 248 g/mol. The molecule has 1 fully saturated rings. The van der Waals surface area contributed by atoms with E-state index in [-0.39, 0.29) is 6.61 Å². The van der Waals surface area contributed by atoms with E-state index in [1.54, 1.807) is 30.3 Å². The van der Waals surface area contributed by atoms with Crippen LogP contribution < -0.4 is 0 Å². The molecule has 0 saturated carbocycles. The summed E-state index contributed by atoms with van der Waals surface area (Å²) in [5, 5.41) is 18.9. The maximum Gasteiger partial charge on any atom is 0.338 e. The van der Waals surface area contributed by atoms with Crippen LogP contribution in [0.3, 0.4) is 0 Å². The number of benzene rings is 1. The summed E-state index contributed by atoms with van der Waals surface area (Å²) in [5.41, 5.74) is 0.412. The Hall–Kier alpha value is -1.37. The zero-order chi connectivity index (χ0) is 13.1. The molecule has 1 aromatic rings. The maximum atomic E-state index is 11.6. The Morgan fingerprint density at radius 2 is 1.94 bits per heavy atom. The first-order chi connectivity index (χ1) is 8.59. The van der Waals surface area contributed by atoms with Gasteiger partial charge in [0.05, 0.1) is 5.56 Å². The van der Waals surface area contributed by atoms with Gasteiger partial charge >= 0.3 is 5.97 Å². The molecule has 1 saturated heterocycles. The average Bonchev–Trinajstić information content (AvgIpc) is 2.64. The molecule has 1 aromatic carbocycles. The molecular formula is C12H13BO5. The Morgan fingerprint density at radius 1 is 1.28 bits per heavy atom. The highest BCUT2D eigenvalue weighted by molar-refractivity contribution is 6.11. The summed E-state index contributed by atoms with van der Waals surface area (Å²) in [6.07, 6.45) is -3.11. The van der Waals surface area contributed by atoms with E-state index in [0.717, 1.165) is 0 Å². The van der Waals surface area contributed by atoms with Crippen LogP contribution in [0.2, 0.25) is 0 Å². The molecule has 1 aliphatic heterocycles. The summed E-state index contributed by atoms with van der Waals surface area (Å²) < 4.78 is 10.1. The van der Waals surface area contributed by atoms with Gasteiger partial charge in [0.25, 0.3) is 0 Å². The van der Waals surface area contributed by atoms with Gasteiger partial charge in [-0.15, -0.1) is 0 Å². The van der Waals surface area contributed by atoms with Crippen LogP contribution in [0.4, 0.5) is 0 Å². The Bertz CT molecular complexity index is 410. The number of esters is 1. The van der Waals surface area contributed by atoms with Gasteiger partial charge in [-0.25, -0.2) is 4.79 Å². The molecule has 0 bridgehead atoms. The fraction of sp³-hybridized carbons (Fsp3) is 0.417. The zero-order valence-electron chi connectivity index (χ0n) is 9.60. The first-order valence-electron chi connectivity index (χ1n) is 5.59. The number of hydrogen-bond acceptors (Lipinski definition) is 5. The van der Waals surface area contributed by atoms with E-state index in [0.29, 0.717) is 5.56 Å². The fourth-order valence-corrected chi connectivity index (χ4v) is 1.73. The van der Waals surface area contributed by atoms with Gasteiger partial charge in [-0.05, 0) is 12.1 Å². The minimum Gasteiger partial charge on any atom is -0.459 e. The normalized spacial score (nSPS) is 31.2. The van der Waals surface area contributed by atoms with E-state index < -0.39 is 30.3 Å². The third-order valence-electron chi connectivity index (χ3n) is 2.79. The van der Waals surface area contributed by atoms with Crippen molar-refractivity contribution < 1.29 is 24.5 Å².